The summed E-state index contributed by atoms with van der Waals surface area (Å²) in [6.07, 6.45) is 2.05. The van der Waals surface area contributed by atoms with Crippen LogP contribution in [-0.4, -0.2) is 9.38 Å². The summed E-state index contributed by atoms with van der Waals surface area (Å²) in [4.78, 5) is 5.05. The summed E-state index contributed by atoms with van der Waals surface area (Å²) in [7, 11) is 0. The fourth-order valence-electron chi connectivity index (χ4n) is 5.75. The first-order chi connectivity index (χ1) is 18.6. The van der Waals surface area contributed by atoms with Gasteiger partial charge in [0.05, 0.1) is 11.3 Å². The maximum atomic E-state index is 5.05. The van der Waals surface area contributed by atoms with Gasteiger partial charge in [0.2, 0.25) is 0 Å². The molecule has 2 aromatic heterocycles. The van der Waals surface area contributed by atoms with Gasteiger partial charge in [-0.2, -0.15) is 0 Å². The molecule has 0 atom stereocenters. The van der Waals surface area contributed by atoms with Crippen molar-refractivity contribution in [1.82, 2.24) is 9.38 Å². The van der Waals surface area contributed by atoms with E-state index in [0.29, 0.717) is 0 Å². The smallest absolute Gasteiger partial charge is 0.0646 e. The zero-order valence-corrected chi connectivity index (χ0v) is 24.5. The molecule has 0 saturated heterocycles. The fraction of sp³-hybridized carbons (Fsp3) is 0.0833. The van der Waals surface area contributed by atoms with Crippen LogP contribution in [0.5, 0.6) is 0 Å². The number of aromatic nitrogens is 2. The molecule has 39 heavy (non-hydrogen) atoms. The Bertz CT molecular complexity index is 1930. The minimum Gasteiger partial charge on any atom is -0.333 e. The minimum absolute atomic E-state index is 0. The molecule has 0 fully saturated rings. The van der Waals surface area contributed by atoms with E-state index < -0.39 is 0 Å². The predicted molar refractivity (Wildman–Crippen MR) is 160 cm³/mol. The minimum atomic E-state index is 0. The van der Waals surface area contributed by atoms with Gasteiger partial charge in [-0.15, -0.1) is 29.7 Å². The van der Waals surface area contributed by atoms with Crippen molar-refractivity contribution in [2.24, 2.45) is 0 Å². The van der Waals surface area contributed by atoms with E-state index in [9.17, 15) is 0 Å². The van der Waals surface area contributed by atoms with Crippen molar-refractivity contribution in [3.8, 4) is 33.5 Å². The second-order valence-electron chi connectivity index (χ2n) is 10.2. The number of hydrogen-bond acceptors (Lipinski definition) is 1. The molecule has 5 aromatic carbocycles. The van der Waals surface area contributed by atoms with E-state index in [1.807, 2.05) is 12.3 Å². The molecular formula is C36H27IrN2-. The SMILES string of the molecule is Cc1cc(-c2ccccc2)c(-c2cnc3c4[c-]cccc4c4cc(C)c(C)cc4n23)c(-c2ccccc2)c1.[Ir]. The molecule has 0 aliphatic heterocycles. The van der Waals surface area contributed by atoms with Crippen LogP contribution in [0.2, 0.25) is 0 Å². The van der Waals surface area contributed by atoms with Crippen LogP contribution >= 0.6 is 0 Å². The zero-order valence-electron chi connectivity index (χ0n) is 22.1. The molecule has 0 aliphatic rings. The molecule has 0 unspecified atom stereocenters. The van der Waals surface area contributed by atoms with Crippen molar-refractivity contribution in [1.29, 1.82) is 0 Å². The van der Waals surface area contributed by atoms with E-state index >= 15 is 0 Å². The number of nitrogens with zero attached hydrogens (tertiary/aromatic N) is 2. The summed E-state index contributed by atoms with van der Waals surface area (Å²) in [5, 5.41) is 3.45. The van der Waals surface area contributed by atoms with Gasteiger partial charge in [-0.25, -0.2) is 0 Å². The summed E-state index contributed by atoms with van der Waals surface area (Å²) in [5.74, 6) is 0. The number of aryl methyl sites for hydroxylation is 3. The third kappa shape index (κ3) is 4.10. The topological polar surface area (TPSA) is 17.3 Å². The fourth-order valence-corrected chi connectivity index (χ4v) is 5.75. The summed E-state index contributed by atoms with van der Waals surface area (Å²) in [5.41, 5.74) is 13.0. The van der Waals surface area contributed by atoms with Crippen LogP contribution in [0.25, 0.3) is 60.8 Å². The van der Waals surface area contributed by atoms with E-state index in [2.05, 4.69) is 128 Å². The molecule has 0 saturated carbocycles. The van der Waals surface area contributed by atoms with Gasteiger partial charge in [0.25, 0.3) is 0 Å². The van der Waals surface area contributed by atoms with Crippen molar-refractivity contribution in [3.05, 3.63) is 132 Å². The standard InChI is InChI=1S/C36H27N2.Ir/c1-23-18-30(26-12-6-4-7-13-26)35(31(19-23)27-14-8-5-9-15-27)34-22-37-36-29-17-11-10-16-28(29)32-20-24(2)25(3)21-33(32)38(34)36;/h4-16,18-22H,1-3H3;/q-1;. The first-order valence-corrected chi connectivity index (χ1v) is 13.1. The molecule has 7 rings (SSSR count). The quantitative estimate of drug-likeness (QED) is 0.134. The van der Waals surface area contributed by atoms with Gasteiger partial charge in [0.1, 0.15) is 0 Å². The molecule has 0 spiro atoms. The maximum absolute atomic E-state index is 5.05. The Hall–Kier alpha value is -4.04. The van der Waals surface area contributed by atoms with E-state index in [4.69, 9.17) is 4.98 Å². The van der Waals surface area contributed by atoms with Gasteiger partial charge in [0.15, 0.2) is 0 Å². The number of hydrogen-bond donors (Lipinski definition) is 0. The van der Waals surface area contributed by atoms with Crippen LogP contribution in [-0.2, 0) is 20.1 Å². The summed E-state index contributed by atoms with van der Waals surface area (Å²) in [6.45, 7) is 6.56. The molecule has 1 radical (unpaired) electrons. The first kappa shape index (κ1) is 25.2. The summed E-state index contributed by atoms with van der Waals surface area (Å²) in [6, 6.07) is 40.4. The Kier molecular flexibility index (Phi) is 6.43. The van der Waals surface area contributed by atoms with Crippen molar-refractivity contribution in [2.45, 2.75) is 20.8 Å². The van der Waals surface area contributed by atoms with Crippen LogP contribution in [0.4, 0.5) is 0 Å². The number of benzene rings is 5. The summed E-state index contributed by atoms with van der Waals surface area (Å²) < 4.78 is 2.35. The van der Waals surface area contributed by atoms with Crippen molar-refractivity contribution >= 4 is 27.3 Å². The van der Waals surface area contributed by atoms with Crippen LogP contribution in [0.15, 0.2) is 109 Å². The Morgan fingerprint density at radius 2 is 1.28 bits per heavy atom. The average molecular weight is 680 g/mol. The monoisotopic (exact) mass is 680 g/mol. The molecular weight excluding hydrogens is 653 g/mol. The molecule has 7 aromatic rings. The molecule has 0 aliphatic carbocycles. The molecule has 2 heterocycles. The Morgan fingerprint density at radius 3 is 1.92 bits per heavy atom. The Labute approximate surface area is 242 Å². The number of rotatable bonds is 3. The molecule has 0 bridgehead atoms. The third-order valence-electron chi connectivity index (χ3n) is 7.69. The van der Waals surface area contributed by atoms with Gasteiger partial charge in [-0.05, 0) is 71.2 Å². The van der Waals surface area contributed by atoms with E-state index in [1.165, 1.54) is 60.8 Å². The first-order valence-electron chi connectivity index (χ1n) is 13.1. The molecule has 0 amide bonds. The van der Waals surface area contributed by atoms with E-state index in [-0.39, 0.29) is 20.1 Å². The van der Waals surface area contributed by atoms with Crippen LogP contribution < -0.4 is 0 Å². The molecule has 2 nitrogen and oxygen atoms in total. The zero-order chi connectivity index (χ0) is 25.8. The van der Waals surface area contributed by atoms with E-state index in [0.717, 1.165) is 16.7 Å². The molecule has 191 valence electrons. The number of pyridine rings is 1. The molecule has 0 N–H and O–H groups in total. The second-order valence-corrected chi connectivity index (χ2v) is 10.2. The van der Waals surface area contributed by atoms with Gasteiger partial charge in [0, 0.05) is 37.4 Å². The molecule has 3 heteroatoms. The van der Waals surface area contributed by atoms with Gasteiger partial charge >= 0.3 is 0 Å². The van der Waals surface area contributed by atoms with E-state index in [1.54, 1.807) is 0 Å². The maximum Gasteiger partial charge on any atom is 0.0646 e. The van der Waals surface area contributed by atoms with Crippen molar-refractivity contribution in [3.63, 3.8) is 0 Å². The van der Waals surface area contributed by atoms with Gasteiger partial charge in [-0.1, -0.05) is 84.2 Å². The van der Waals surface area contributed by atoms with Crippen molar-refractivity contribution in [2.75, 3.05) is 0 Å². The van der Waals surface area contributed by atoms with Gasteiger partial charge in [-0.3, -0.25) is 4.98 Å². The number of fused-ring (bicyclic) bond motifs is 6. The van der Waals surface area contributed by atoms with Gasteiger partial charge < -0.3 is 4.40 Å². The van der Waals surface area contributed by atoms with Crippen molar-refractivity contribution < 1.29 is 20.1 Å². The third-order valence-corrected chi connectivity index (χ3v) is 7.69. The second kappa shape index (κ2) is 9.93. The number of imidazole rings is 1. The average Bonchev–Trinajstić information content (AvgIpc) is 3.40. The summed E-state index contributed by atoms with van der Waals surface area (Å²) >= 11 is 0. The van der Waals surface area contributed by atoms with Crippen LogP contribution in [0, 0.1) is 26.8 Å². The Balaban J connectivity index is 0.00000277. The predicted octanol–water partition coefficient (Wildman–Crippen LogP) is 9.36. The van der Waals surface area contributed by atoms with Crippen LogP contribution in [0.1, 0.15) is 16.7 Å². The Morgan fingerprint density at radius 1 is 0.667 bits per heavy atom. The largest absolute Gasteiger partial charge is 0.333 e. The normalized spacial score (nSPS) is 11.3. The van der Waals surface area contributed by atoms with Crippen LogP contribution in [0.3, 0.4) is 0 Å².